The molecule has 3 aromatic rings. The third kappa shape index (κ3) is 3.33. The van der Waals surface area contributed by atoms with Crippen LogP contribution in [0.15, 0.2) is 18.2 Å². The molecular formula is C17H21ClN7O2+. The Labute approximate surface area is 160 Å². The van der Waals surface area contributed by atoms with Gasteiger partial charge in [0.2, 0.25) is 0 Å². The first kappa shape index (κ1) is 18.7. The zero-order chi connectivity index (χ0) is 19.7. The highest BCUT2D eigenvalue weighted by atomic mass is 35.5. The van der Waals surface area contributed by atoms with Gasteiger partial charge in [0.1, 0.15) is 12.3 Å². The maximum absolute atomic E-state index is 12.5. The second-order valence-corrected chi connectivity index (χ2v) is 6.25. The molecular weight excluding hydrogens is 370 g/mol. The Bertz CT molecular complexity index is 1030. The number of nitrogens with zero attached hydrogens (tertiary/aromatic N) is 4. The quantitative estimate of drug-likeness (QED) is 0.483. The molecule has 0 atom stereocenters. The molecule has 0 saturated heterocycles. The van der Waals surface area contributed by atoms with Crippen molar-refractivity contribution in [1.82, 2.24) is 19.9 Å². The molecule has 0 radical (unpaired) electrons. The molecule has 0 aliphatic rings. The summed E-state index contributed by atoms with van der Waals surface area (Å²) in [6.07, 6.45) is 0. The summed E-state index contributed by atoms with van der Waals surface area (Å²) in [5.41, 5.74) is 13.1. The van der Waals surface area contributed by atoms with Crippen molar-refractivity contribution in [3.63, 3.8) is 0 Å². The Balaban J connectivity index is 1.95. The molecule has 0 unspecified atom stereocenters. The molecule has 0 fully saturated rings. The summed E-state index contributed by atoms with van der Waals surface area (Å²) in [4.78, 5) is 20.3. The SMILES string of the molecule is CCn1c(CNC(=O)c2nc(Cl)c(N)nc2N)[n+](CC)c2ccc(O)cc21. The van der Waals surface area contributed by atoms with E-state index in [4.69, 9.17) is 23.1 Å². The fraction of sp³-hybridized carbons (Fsp3) is 0.294. The first-order chi connectivity index (χ1) is 12.9. The number of phenols is 1. The number of carbonyl (C=O) groups excluding carboxylic acids is 1. The van der Waals surface area contributed by atoms with Gasteiger partial charge in [0.15, 0.2) is 33.5 Å². The van der Waals surface area contributed by atoms with E-state index >= 15 is 0 Å². The number of carbonyl (C=O) groups is 1. The highest BCUT2D eigenvalue weighted by Gasteiger charge is 2.25. The lowest BCUT2D eigenvalue weighted by Crippen LogP contribution is -2.40. The van der Waals surface area contributed by atoms with Crippen LogP contribution in [0.25, 0.3) is 11.0 Å². The van der Waals surface area contributed by atoms with Crippen LogP contribution in [0.2, 0.25) is 5.15 Å². The molecule has 142 valence electrons. The summed E-state index contributed by atoms with van der Waals surface area (Å²) in [6, 6.07) is 5.21. The number of nitrogen functional groups attached to an aromatic ring is 2. The molecule has 0 saturated carbocycles. The molecule has 0 aliphatic carbocycles. The Kier molecular flexibility index (Phi) is 5.04. The molecule has 1 aromatic carbocycles. The van der Waals surface area contributed by atoms with Crippen molar-refractivity contribution in [2.45, 2.75) is 33.5 Å². The van der Waals surface area contributed by atoms with E-state index in [-0.39, 0.29) is 34.8 Å². The molecule has 0 spiro atoms. The van der Waals surface area contributed by atoms with Crippen molar-refractivity contribution in [3.8, 4) is 5.75 Å². The Morgan fingerprint density at radius 3 is 2.70 bits per heavy atom. The molecule has 3 rings (SSSR count). The summed E-state index contributed by atoms with van der Waals surface area (Å²) >= 11 is 5.84. The average molecular weight is 391 g/mol. The highest BCUT2D eigenvalue weighted by molar-refractivity contribution is 6.31. The van der Waals surface area contributed by atoms with Crippen LogP contribution in [0, 0.1) is 0 Å². The summed E-state index contributed by atoms with van der Waals surface area (Å²) in [5.74, 6) is 0.453. The number of nitrogens with two attached hydrogens (primary N) is 2. The van der Waals surface area contributed by atoms with Gasteiger partial charge in [-0.1, -0.05) is 11.6 Å². The van der Waals surface area contributed by atoms with Crippen LogP contribution >= 0.6 is 11.6 Å². The van der Waals surface area contributed by atoms with Gasteiger partial charge < -0.3 is 21.9 Å². The number of anilines is 2. The minimum Gasteiger partial charge on any atom is -0.508 e. The predicted octanol–water partition coefficient (Wildman–Crippen LogP) is 1.21. The van der Waals surface area contributed by atoms with Gasteiger partial charge in [-0.2, -0.15) is 0 Å². The van der Waals surface area contributed by atoms with Gasteiger partial charge in [-0.25, -0.2) is 19.1 Å². The number of benzene rings is 1. The first-order valence-electron chi connectivity index (χ1n) is 8.47. The summed E-state index contributed by atoms with van der Waals surface area (Å²) in [5, 5.41) is 12.6. The largest absolute Gasteiger partial charge is 0.508 e. The third-order valence-corrected chi connectivity index (χ3v) is 4.60. The highest BCUT2D eigenvalue weighted by Crippen LogP contribution is 2.21. The number of hydrogen-bond donors (Lipinski definition) is 4. The van der Waals surface area contributed by atoms with Gasteiger partial charge in [0, 0.05) is 6.07 Å². The first-order valence-corrected chi connectivity index (χ1v) is 8.85. The van der Waals surface area contributed by atoms with Gasteiger partial charge in [0.05, 0.1) is 13.1 Å². The van der Waals surface area contributed by atoms with Crippen LogP contribution in [0.4, 0.5) is 11.6 Å². The molecule has 2 heterocycles. The average Bonchev–Trinajstić information content (AvgIpc) is 2.94. The number of phenolic OH excluding ortho intramolecular Hbond substituents is 1. The van der Waals surface area contributed by atoms with Gasteiger partial charge in [-0.3, -0.25) is 4.79 Å². The molecule has 9 nitrogen and oxygen atoms in total. The van der Waals surface area contributed by atoms with E-state index in [1.165, 1.54) is 0 Å². The number of rotatable bonds is 5. The topological polar surface area (TPSA) is 136 Å². The molecule has 2 aromatic heterocycles. The lowest BCUT2D eigenvalue weighted by molar-refractivity contribution is -0.676. The maximum atomic E-state index is 12.5. The van der Waals surface area contributed by atoms with Crippen LogP contribution in [-0.4, -0.2) is 25.5 Å². The van der Waals surface area contributed by atoms with Gasteiger partial charge in [-0.15, -0.1) is 0 Å². The summed E-state index contributed by atoms with van der Waals surface area (Å²) in [6.45, 7) is 5.63. The fourth-order valence-corrected chi connectivity index (χ4v) is 3.26. The number of aromatic hydroxyl groups is 1. The maximum Gasteiger partial charge on any atom is 0.277 e. The fourth-order valence-electron chi connectivity index (χ4n) is 3.13. The van der Waals surface area contributed by atoms with Crippen molar-refractivity contribution in [2.24, 2.45) is 0 Å². The molecule has 1 amide bonds. The van der Waals surface area contributed by atoms with E-state index in [0.717, 1.165) is 16.9 Å². The number of imidazole rings is 1. The Morgan fingerprint density at radius 1 is 1.30 bits per heavy atom. The molecule has 0 aliphatic heterocycles. The number of amides is 1. The smallest absolute Gasteiger partial charge is 0.277 e. The number of hydrogen-bond acceptors (Lipinski definition) is 6. The van der Waals surface area contributed by atoms with Crippen molar-refractivity contribution in [1.29, 1.82) is 0 Å². The predicted molar refractivity (Wildman–Crippen MR) is 102 cm³/mol. The van der Waals surface area contributed by atoms with Crippen LogP contribution in [0.3, 0.4) is 0 Å². The molecule has 0 bridgehead atoms. The normalized spacial score (nSPS) is 11.1. The zero-order valence-electron chi connectivity index (χ0n) is 15.0. The van der Waals surface area contributed by atoms with E-state index in [2.05, 4.69) is 19.9 Å². The summed E-state index contributed by atoms with van der Waals surface area (Å²) in [7, 11) is 0. The van der Waals surface area contributed by atoms with Crippen molar-refractivity contribution >= 4 is 40.2 Å². The Hall–Kier alpha value is -3.07. The van der Waals surface area contributed by atoms with Crippen LogP contribution < -0.4 is 21.4 Å². The third-order valence-electron chi connectivity index (χ3n) is 4.32. The number of aryl methyl sites for hydroxylation is 2. The van der Waals surface area contributed by atoms with Crippen molar-refractivity contribution in [3.05, 3.63) is 34.9 Å². The summed E-state index contributed by atoms with van der Waals surface area (Å²) < 4.78 is 4.10. The van der Waals surface area contributed by atoms with Crippen molar-refractivity contribution in [2.75, 3.05) is 11.5 Å². The molecule has 27 heavy (non-hydrogen) atoms. The monoisotopic (exact) mass is 390 g/mol. The molecule has 10 heteroatoms. The zero-order valence-corrected chi connectivity index (χ0v) is 15.8. The van der Waals surface area contributed by atoms with Gasteiger partial charge in [0.25, 0.3) is 11.7 Å². The van der Waals surface area contributed by atoms with E-state index < -0.39 is 5.91 Å². The lowest BCUT2D eigenvalue weighted by atomic mass is 10.3. The number of nitrogens with one attached hydrogen (secondary N) is 1. The second-order valence-electron chi connectivity index (χ2n) is 5.89. The van der Waals surface area contributed by atoms with Gasteiger partial charge in [-0.05, 0) is 26.0 Å². The minimum atomic E-state index is -0.500. The lowest BCUT2D eigenvalue weighted by Gasteiger charge is -2.08. The van der Waals surface area contributed by atoms with Crippen LogP contribution in [0.1, 0.15) is 30.2 Å². The number of halogens is 1. The minimum absolute atomic E-state index is 0.0274. The number of fused-ring (bicyclic) bond motifs is 1. The standard InChI is InChI=1S/C17H20ClN7O2/c1-3-24-10-6-5-9(26)7-11(10)25(4-2)12(24)8-21-17(27)13-15(19)23-16(20)14(18)22-13/h5-7H,3-4,8H2,1-2H3,(H5-,19,20,21,23,26,27)/p+1. The molecule has 6 N–H and O–H groups in total. The van der Waals surface area contributed by atoms with Crippen LogP contribution in [0.5, 0.6) is 5.75 Å². The van der Waals surface area contributed by atoms with Crippen molar-refractivity contribution < 1.29 is 14.5 Å². The van der Waals surface area contributed by atoms with Crippen LogP contribution in [-0.2, 0) is 19.6 Å². The second kappa shape index (κ2) is 7.28. The van der Waals surface area contributed by atoms with Gasteiger partial charge >= 0.3 is 0 Å². The van der Waals surface area contributed by atoms with E-state index in [1.807, 2.05) is 24.5 Å². The number of aromatic nitrogens is 4. The van der Waals surface area contributed by atoms with E-state index in [0.29, 0.717) is 13.1 Å². The van der Waals surface area contributed by atoms with E-state index in [9.17, 15) is 9.90 Å². The Morgan fingerprint density at radius 2 is 2.04 bits per heavy atom. The van der Waals surface area contributed by atoms with E-state index in [1.54, 1.807) is 12.1 Å².